The van der Waals surface area contributed by atoms with E-state index in [0.717, 1.165) is 15.3 Å². The van der Waals surface area contributed by atoms with Crippen LogP contribution in [0.15, 0.2) is 64.3 Å². The molecule has 13 heteroatoms. The highest BCUT2D eigenvalue weighted by molar-refractivity contribution is 6.39. The number of aryl methyl sites for hydroxylation is 1. The first-order chi connectivity index (χ1) is 21.9. The lowest BCUT2D eigenvalue weighted by Gasteiger charge is -2.31. The van der Waals surface area contributed by atoms with E-state index in [9.17, 15) is 24.3 Å². The topological polar surface area (TPSA) is 123 Å². The van der Waals surface area contributed by atoms with Gasteiger partial charge in [-0.2, -0.15) is 0 Å². The number of aromatic nitrogens is 2. The molecule has 0 spiro atoms. The molecule has 1 aliphatic heterocycles. The summed E-state index contributed by atoms with van der Waals surface area (Å²) in [5.41, 5.74) is 0.913. The highest BCUT2D eigenvalue weighted by atomic mass is 35.5. The normalized spacial score (nSPS) is 15.0. The Morgan fingerprint density at radius 2 is 1.72 bits per heavy atom. The predicted octanol–water partition coefficient (Wildman–Crippen LogP) is 5.42. The van der Waals surface area contributed by atoms with Gasteiger partial charge in [-0.05, 0) is 43.1 Å². The van der Waals surface area contributed by atoms with Gasteiger partial charge in [-0.3, -0.25) is 23.9 Å². The van der Waals surface area contributed by atoms with Gasteiger partial charge in [0.1, 0.15) is 17.1 Å². The van der Waals surface area contributed by atoms with Gasteiger partial charge in [-0.1, -0.05) is 53.5 Å². The minimum atomic E-state index is -0.856. The summed E-state index contributed by atoms with van der Waals surface area (Å²) >= 11 is 13.7. The second-order valence-corrected chi connectivity index (χ2v) is 11.9. The number of methoxy groups -OCH3 is 1. The van der Waals surface area contributed by atoms with E-state index in [2.05, 4.69) is 5.32 Å². The smallest absolute Gasteiger partial charge is 0.330 e. The van der Waals surface area contributed by atoms with E-state index < -0.39 is 34.9 Å². The number of halogens is 3. The third-order valence-electron chi connectivity index (χ3n) is 8.15. The summed E-state index contributed by atoms with van der Waals surface area (Å²) < 4.78 is 23.2. The number of carboxylic acids is 1. The molecule has 3 aromatic carbocycles. The molecule has 1 atom stereocenters. The van der Waals surface area contributed by atoms with Crippen molar-refractivity contribution in [2.75, 3.05) is 25.5 Å². The van der Waals surface area contributed by atoms with Crippen molar-refractivity contribution in [1.29, 1.82) is 0 Å². The van der Waals surface area contributed by atoms with E-state index in [0.29, 0.717) is 59.5 Å². The largest absolute Gasteiger partial charge is 0.496 e. The number of carbonyl (C=O) groups is 2. The van der Waals surface area contributed by atoms with Crippen molar-refractivity contribution in [2.45, 2.75) is 19.4 Å². The molecule has 2 N–H and O–H groups in total. The summed E-state index contributed by atoms with van der Waals surface area (Å²) in [6.07, 6.45) is 2.46. The summed E-state index contributed by atoms with van der Waals surface area (Å²) in [6.45, 7) is 1.19. The number of piperidine rings is 1. The van der Waals surface area contributed by atoms with Crippen LogP contribution in [-0.4, -0.2) is 51.2 Å². The molecule has 10 nitrogen and oxygen atoms in total. The first-order valence-corrected chi connectivity index (χ1v) is 15.1. The summed E-state index contributed by atoms with van der Waals surface area (Å²) in [5.74, 6) is -2.31. The molecule has 1 aliphatic rings. The Labute approximate surface area is 273 Å². The van der Waals surface area contributed by atoms with Gasteiger partial charge in [-0.25, -0.2) is 9.18 Å². The molecule has 1 aromatic heterocycles. The lowest BCUT2D eigenvalue weighted by atomic mass is 9.96. The Balaban J connectivity index is 1.46. The highest BCUT2D eigenvalue weighted by Gasteiger charge is 2.27. The number of hydrogen-bond donors (Lipinski definition) is 2. The number of carbonyl (C=O) groups excluding carboxylic acids is 1. The molecule has 1 amide bonds. The molecule has 4 aromatic rings. The van der Waals surface area contributed by atoms with E-state index >= 15 is 4.39 Å². The summed E-state index contributed by atoms with van der Waals surface area (Å²) in [7, 11) is 4.16. The van der Waals surface area contributed by atoms with Gasteiger partial charge in [0.05, 0.1) is 28.8 Å². The fraction of sp³-hybridized carbons (Fsp3) is 0.273. The van der Waals surface area contributed by atoms with Crippen LogP contribution in [0.4, 0.5) is 10.1 Å². The van der Waals surface area contributed by atoms with Crippen LogP contribution in [0.2, 0.25) is 10.0 Å². The van der Waals surface area contributed by atoms with Crippen LogP contribution in [0, 0.1) is 11.7 Å². The van der Waals surface area contributed by atoms with E-state index in [1.165, 1.54) is 27.3 Å². The lowest BCUT2D eigenvalue weighted by Crippen LogP contribution is -2.40. The van der Waals surface area contributed by atoms with E-state index in [1.807, 2.05) is 4.90 Å². The molecular weight excluding hydrogens is 638 g/mol. The number of carboxylic acid groups (broad SMARTS) is 1. The number of benzene rings is 3. The highest BCUT2D eigenvalue weighted by Crippen LogP contribution is 2.42. The number of nitrogens with one attached hydrogen (secondary N) is 1. The Bertz CT molecular complexity index is 1980. The third kappa shape index (κ3) is 6.44. The fourth-order valence-corrected chi connectivity index (χ4v) is 6.29. The zero-order valence-electron chi connectivity index (χ0n) is 25.3. The van der Waals surface area contributed by atoms with Crippen LogP contribution in [0.1, 0.15) is 28.8 Å². The maximum atomic E-state index is 15.7. The molecule has 0 radical (unpaired) electrons. The number of likely N-dealkylation sites (tertiary alicyclic amines) is 1. The van der Waals surface area contributed by atoms with Crippen LogP contribution in [-0.2, 0) is 25.4 Å². The van der Waals surface area contributed by atoms with Gasteiger partial charge in [0.2, 0.25) is 0 Å². The van der Waals surface area contributed by atoms with Gasteiger partial charge in [0, 0.05) is 55.6 Å². The third-order valence-corrected chi connectivity index (χ3v) is 8.96. The molecule has 0 bridgehead atoms. The Kier molecular flexibility index (Phi) is 9.66. The van der Waals surface area contributed by atoms with Crippen molar-refractivity contribution in [3.05, 3.63) is 103 Å². The summed E-state index contributed by atoms with van der Waals surface area (Å²) in [6, 6.07) is 13.2. The molecule has 0 saturated carbocycles. The fourth-order valence-electron chi connectivity index (χ4n) is 5.68. The van der Waals surface area contributed by atoms with E-state index in [-0.39, 0.29) is 27.8 Å². The van der Waals surface area contributed by atoms with Crippen molar-refractivity contribution in [2.24, 2.45) is 20.0 Å². The first kappa shape index (κ1) is 32.9. The average Bonchev–Trinajstić information content (AvgIpc) is 3.04. The van der Waals surface area contributed by atoms with Gasteiger partial charge >= 0.3 is 11.7 Å². The second-order valence-electron chi connectivity index (χ2n) is 11.1. The van der Waals surface area contributed by atoms with Crippen molar-refractivity contribution < 1.29 is 23.8 Å². The number of nitrogens with zero attached hydrogens (tertiary/aromatic N) is 3. The molecule has 2 heterocycles. The van der Waals surface area contributed by atoms with Crippen LogP contribution in [0.3, 0.4) is 0 Å². The summed E-state index contributed by atoms with van der Waals surface area (Å²) in [4.78, 5) is 51.1. The number of amides is 1. The zero-order valence-corrected chi connectivity index (χ0v) is 26.8. The van der Waals surface area contributed by atoms with Gasteiger partial charge in [0.15, 0.2) is 0 Å². The molecule has 1 fully saturated rings. The SMILES string of the molecule is COc1cc(-c2cccc(-c3cccc(NC(=O)c4cn(C)c(=O)n(C)c4=O)c3Cl)c2Cl)cc(F)c1CN1CCC[C@@H](C(=O)O)C1. The Hall–Kier alpha value is -4.45. The van der Waals surface area contributed by atoms with Crippen molar-refractivity contribution in [1.82, 2.24) is 14.0 Å². The molecule has 1 saturated heterocycles. The quantitative estimate of drug-likeness (QED) is 0.257. The lowest BCUT2D eigenvalue weighted by molar-refractivity contribution is -0.143. The Morgan fingerprint density at radius 1 is 1.04 bits per heavy atom. The van der Waals surface area contributed by atoms with Crippen molar-refractivity contribution in [3.8, 4) is 28.0 Å². The van der Waals surface area contributed by atoms with Crippen LogP contribution < -0.4 is 21.3 Å². The van der Waals surface area contributed by atoms with E-state index in [1.54, 1.807) is 42.5 Å². The number of anilines is 1. The van der Waals surface area contributed by atoms with Gasteiger partial charge in [0.25, 0.3) is 11.5 Å². The predicted molar refractivity (Wildman–Crippen MR) is 174 cm³/mol. The van der Waals surface area contributed by atoms with E-state index in [4.69, 9.17) is 27.9 Å². The maximum Gasteiger partial charge on any atom is 0.330 e. The molecular formula is C33H31Cl2FN4O6. The number of aliphatic carboxylic acids is 1. The molecule has 5 rings (SSSR count). The zero-order chi connectivity index (χ0) is 33.3. The average molecular weight is 670 g/mol. The number of ether oxygens (including phenoxy) is 1. The summed E-state index contributed by atoms with van der Waals surface area (Å²) in [5, 5.41) is 12.5. The van der Waals surface area contributed by atoms with Gasteiger partial charge in [-0.15, -0.1) is 0 Å². The standard InChI is InChI=1S/C33H31Cl2FN4O6/c1-38-16-24(31(42)39(2)33(38)45)30(41)37-26-11-5-10-22(29(26)35)21-9-4-8-20(28(21)34)19-13-25(36)23(27(14-19)46-3)17-40-12-6-7-18(15-40)32(43)44/h4-5,8-11,13-14,16,18H,6-7,12,15,17H2,1-3H3,(H,37,41)(H,43,44)/t18-/m1/s1. The monoisotopic (exact) mass is 668 g/mol. The number of hydrogen-bond acceptors (Lipinski definition) is 6. The minimum absolute atomic E-state index is 0.150. The molecule has 240 valence electrons. The minimum Gasteiger partial charge on any atom is -0.496 e. The maximum absolute atomic E-state index is 15.7. The van der Waals surface area contributed by atoms with Crippen LogP contribution >= 0.6 is 23.2 Å². The first-order valence-electron chi connectivity index (χ1n) is 14.4. The molecule has 0 aliphatic carbocycles. The van der Waals surface area contributed by atoms with Gasteiger partial charge < -0.3 is 19.7 Å². The van der Waals surface area contributed by atoms with Crippen LogP contribution in [0.25, 0.3) is 22.3 Å². The molecule has 46 heavy (non-hydrogen) atoms. The Morgan fingerprint density at radius 3 is 2.41 bits per heavy atom. The van der Waals surface area contributed by atoms with Crippen molar-refractivity contribution in [3.63, 3.8) is 0 Å². The van der Waals surface area contributed by atoms with Crippen molar-refractivity contribution >= 4 is 40.8 Å². The number of rotatable bonds is 8. The molecule has 0 unspecified atom stereocenters. The van der Waals surface area contributed by atoms with Crippen LogP contribution in [0.5, 0.6) is 5.75 Å². The second kappa shape index (κ2) is 13.5.